The van der Waals surface area contributed by atoms with Crippen molar-refractivity contribution in [3.63, 3.8) is 0 Å². The van der Waals surface area contributed by atoms with Crippen molar-refractivity contribution in [1.82, 2.24) is 28.2 Å². The molecule has 6 aromatic heterocycles. The first-order chi connectivity index (χ1) is 33.6. The zero-order valence-corrected chi connectivity index (χ0v) is 37.7. The molecular weight excluding hydrogens is 829 g/mol. The monoisotopic (exact) mass is 872 g/mol. The minimum Gasteiger partial charge on any atom is -0.310 e. The van der Waals surface area contributed by atoms with Gasteiger partial charge in [-0.25, -0.2) is 0 Å². The maximum Gasteiger partial charge on any atom is 0.0645 e. The number of para-hydroxylation sites is 3. The minimum atomic E-state index is 0.281. The molecule has 2 unspecified atom stereocenters. The van der Waals surface area contributed by atoms with Crippen molar-refractivity contribution in [2.24, 2.45) is 0 Å². The zero-order chi connectivity index (χ0) is 44.8. The predicted octanol–water partition coefficient (Wildman–Crippen LogP) is 15.6. The van der Waals surface area contributed by atoms with Crippen LogP contribution in [0.1, 0.15) is 54.5 Å². The molecule has 6 nitrogen and oxygen atoms in total. The summed E-state index contributed by atoms with van der Waals surface area (Å²) in [7, 11) is 0. The molecule has 0 radical (unpaired) electrons. The Kier molecular flexibility index (Phi) is 7.77. The quantitative estimate of drug-likeness (QED) is 0.177. The van der Waals surface area contributed by atoms with Gasteiger partial charge in [0.05, 0.1) is 62.4 Å². The third-order valence-electron chi connectivity index (χ3n) is 15.6. The first-order valence-corrected chi connectivity index (χ1v) is 23.9. The van der Waals surface area contributed by atoms with Crippen molar-refractivity contribution < 1.29 is 0 Å². The Hall–Kier alpha value is -8.48. The second-order valence-corrected chi connectivity index (χ2v) is 19.0. The molecule has 0 amide bonds. The second-order valence-electron chi connectivity index (χ2n) is 19.0. The average Bonchev–Trinajstić information content (AvgIpc) is 4.12. The number of fused-ring (bicyclic) bond motifs is 15. The lowest BCUT2D eigenvalue weighted by Crippen LogP contribution is -2.13. The molecule has 15 rings (SSSR count). The molecular formula is C62H44N6. The highest BCUT2D eigenvalue weighted by molar-refractivity contribution is 6.15. The van der Waals surface area contributed by atoms with E-state index in [4.69, 9.17) is 0 Å². The normalized spacial score (nSPS) is 15.6. The van der Waals surface area contributed by atoms with Gasteiger partial charge in [-0.1, -0.05) is 74.5 Å². The summed E-state index contributed by atoms with van der Waals surface area (Å²) < 4.78 is 9.75. The highest BCUT2D eigenvalue weighted by Gasteiger charge is 2.32. The van der Waals surface area contributed by atoms with Crippen LogP contribution in [0.25, 0.3) is 116 Å². The number of hydrogen-bond acceptors (Lipinski definition) is 2. The SMILES string of the molecule is CC1c2cc3c4cc(-n5c6c(c7ccccc75)CCC=C6)ccc4n(-c4cccnc4)c3cc2-c2cc3c(cc2C1C)c1cc(-n2c4ccccc4c4ccccc42)ccc1n3-c1cccnc1. The van der Waals surface area contributed by atoms with Crippen LogP contribution in [0.2, 0.25) is 0 Å². The number of aromatic nitrogens is 6. The second kappa shape index (κ2) is 14.0. The van der Waals surface area contributed by atoms with Crippen LogP contribution >= 0.6 is 0 Å². The molecule has 7 aromatic carbocycles. The van der Waals surface area contributed by atoms with E-state index in [1.807, 2.05) is 36.9 Å². The fraction of sp³-hybridized carbons (Fsp3) is 0.0968. The predicted molar refractivity (Wildman–Crippen MR) is 282 cm³/mol. The van der Waals surface area contributed by atoms with Crippen LogP contribution in [0.15, 0.2) is 189 Å². The van der Waals surface area contributed by atoms with E-state index < -0.39 is 0 Å². The van der Waals surface area contributed by atoms with Crippen LogP contribution < -0.4 is 0 Å². The lowest BCUT2D eigenvalue weighted by Gasteiger charge is -2.32. The van der Waals surface area contributed by atoms with Crippen LogP contribution in [0.4, 0.5) is 0 Å². The maximum atomic E-state index is 4.64. The van der Waals surface area contributed by atoms with Gasteiger partial charge in [0.25, 0.3) is 0 Å². The van der Waals surface area contributed by atoms with E-state index in [2.05, 4.69) is 200 Å². The molecule has 322 valence electrons. The summed E-state index contributed by atoms with van der Waals surface area (Å²) in [6.45, 7) is 4.86. The number of hydrogen-bond donors (Lipinski definition) is 0. The van der Waals surface area contributed by atoms with E-state index in [-0.39, 0.29) is 11.8 Å². The van der Waals surface area contributed by atoms with E-state index >= 15 is 0 Å². The number of allylic oxidation sites excluding steroid dienone is 1. The summed E-state index contributed by atoms with van der Waals surface area (Å²) in [6.07, 6.45) is 14.5. The van der Waals surface area contributed by atoms with Crippen molar-refractivity contribution in [2.75, 3.05) is 0 Å². The van der Waals surface area contributed by atoms with Crippen LogP contribution in [0, 0.1) is 0 Å². The summed E-state index contributed by atoms with van der Waals surface area (Å²) in [5, 5.41) is 8.86. The molecule has 0 aliphatic heterocycles. The largest absolute Gasteiger partial charge is 0.310 e. The zero-order valence-electron chi connectivity index (χ0n) is 37.7. The highest BCUT2D eigenvalue weighted by atomic mass is 15.0. The van der Waals surface area contributed by atoms with Crippen LogP contribution in [-0.2, 0) is 6.42 Å². The van der Waals surface area contributed by atoms with Gasteiger partial charge in [0, 0.05) is 67.2 Å². The summed E-state index contributed by atoms with van der Waals surface area (Å²) in [6, 6.07) is 59.0. The third kappa shape index (κ3) is 5.12. The molecule has 0 spiro atoms. The van der Waals surface area contributed by atoms with Gasteiger partial charge in [0.1, 0.15) is 0 Å². The molecule has 6 heterocycles. The van der Waals surface area contributed by atoms with Gasteiger partial charge in [-0.15, -0.1) is 0 Å². The number of rotatable bonds is 4. The van der Waals surface area contributed by atoms with Crippen LogP contribution in [-0.4, -0.2) is 28.2 Å². The van der Waals surface area contributed by atoms with Gasteiger partial charge in [-0.05, 0) is 162 Å². The van der Waals surface area contributed by atoms with Crippen molar-refractivity contribution in [1.29, 1.82) is 0 Å². The smallest absolute Gasteiger partial charge is 0.0645 e. The molecule has 0 N–H and O–H groups in total. The molecule has 0 saturated heterocycles. The molecule has 0 fully saturated rings. The lowest BCUT2D eigenvalue weighted by atomic mass is 9.72. The Morgan fingerprint density at radius 2 is 0.853 bits per heavy atom. The Bertz CT molecular complexity index is 4240. The van der Waals surface area contributed by atoms with E-state index in [9.17, 15) is 0 Å². The molecule has 2 aliphatic rings. The van der Waals surface area contributed by atoms with E-state index in [0.29, 0.717) is 0 Å². The number of aryl methyl sites for hydroxylation is 1. The highest BCUT2D eigenvalue weighted by Crippen LogP contribution is 2.52. The first kappa shape index (κ1) is 37.7. The van der Waals surface area contributed by atoms with Gasteiger partial charge in [-0.2, -0.15) is 0 Å². The number of pyridine rings is 2. The maximum absolute atomic E-state index is 4.64. The molecule has 2 aliphatic carbocycles. The average molecular weight is 873 g/mol. The standard InChI is InChI=1S/C62H44N6/c1-37-38(2)48-32-54-52-30-40(66-57-21-9-5-17-45(57)46-18-6-10-22-58(46)66)24-26-60(52)68(42-14-12-28-64-36-42)62(54)34-50(48)49-33-61-53(31-47(37)49)51-29-39(23-25-59(51)67(61)41-13-11-27-63-35-41)65-55-19-7-3-15-43(55)44-16-4-8-20-56(44)65/h3-5,7-17,19-38H,6,18H2,1-2H3. The van der Waals surface area contributed by atoms with Gasteiger partial charge in [-0.3, -0.25) is 9.97 Å². The fourth-order valence-electron chi connectivity index (χ4n) is 12.4. The minimum absolute atomic E-state index is 0.281. The van der Waals surface area contributed by atoms with Gasteiger partial charge < -0.3 is 18.3 Å². The molecule has 68 heavy (non-hydrogen) atoms. The topological polar surface area (TPSA) is 45.5 Å². The van der Waals surface area contributed by atoms with E-state index in [0.717, 1.165) is 35.4 Å². The number of benzene rings is 7. The Morgan fingerprint density at radius 1 is 0.397 bits per heavy atom. The molecule has 0 saturated carbocycles. The molecule has 6 heteroatoms. The summed E-state index contributed by atoms with van der Waals surface area (Å²) in [4.78, 5) is 9.28. The van der Waals surface area contributed by atoms with Gasteiger partial charge in [0.15, 0.2) is 0 Å². The van der Waals surface area contributed by atoms with Crippen molar-refractivity contribution >= 4 is 82.4 Å². The first-order valence-electron chi connectivity index (χ1n) is 23.9. The van der Waals surface area contributed by atoms with Crippen molar-refractivity contribution in [3.05, 3.63) is 211 Å². The van der Waals surface area contributed by atoms with Crippen LogP contribution in [0.5, 0.6) is 0 Å². The Balaban J connectivity index is 0.990. The Labute approximate surface area is 392 Å². The summed E-state index contributed by atoms with van der Waals surface area (Å²) in [5.41, 5.74) is 20.9. The summed E-state index contributed by atoms with van der Waals surface area (Å²) >= 11 is 0. The number of nitrogens with zero attached hydrogens (tertiary/aromatic N) is 6. The molecule has 0 bridgehead atoms. The van der Waals surface area contributed by atoms with Gasteiger partial charge in [0.2, 0.25) is 0 Å². The van der Waals surface area contributed by atoms with E-state index in [1.165, 1.54) is 110 Å². The summed E-state index contributed by atoms with van der Waals surface area (Å²) in [5.74, 6) is 0.563. The lowest BCUT2D eigenvalue weighted by molar-refractivity contribution is 0.617. The van der Waals surface area contributed by atoms with Crippen LogP contribution in [0.3, 0.4) is 0 Å². The molecule has 13 aromatic rings. The third-order valence-corrected chi connectivity index (χ3v) is 15.6. The Morgan fingerprint density at radius 3 is 1.38 bits per heavy atom. The van der Waals surface area contributed by atoms with Crippen molar-refractivity contribution in [2.45, 2.75) is 38.5 Å². The van der Waals surface area contributed by atoms with Crippen molar-refractivity contribution in [3.8, 4) is 33.9 Å². The van der Waals surface area contributed by atoms with Gasteiger partial charge >= 0.3 is 0 Å². The van der Waals surface area contributed by atoms with E-state index in [1.54, 1.807) is 0 Å². The molecule has 2 atom stereocenters. The fourth-order valence-corrected chi connectivity index (χ4v) is 12.4.